The predicted molar refractivity (Wildman–Crippen MR) is 36.6 cm³/mol. The van der Waals surface area contributed by atoms with Crippen LogP contribution in [0.4, 0.5) is 0 Å². The Labute approximate surface area is 54.9 Å². The van der Waals surface area contributed by atoms with E-state index in [0.717, 1.165) is 0 Å². The Morgan fingerprint density at radius 2 is 2.11 bits per heavy atom. The number of hydrogen-bond acceptors (Lipinski definition) is 3. The van der Waals surface area contributed by atoms with Crippen molar-refractivity contribution in [1.82, 2.24) is 10.2 Å². The molecule has 48 valence electrons. The molecule has 1 aromatic heterocycles. The molecule has 0 aliphatic carbocycles. The zero-order valence-corrected chi connectivity index (χ0v) is 5.88. The first-order valence-corrected chi connectivity index (χ1v) is 3.00. The second-order valence-corrected chi connectivity index (χ2v) is 2.31. The van der Waals surface area contributed by atoms with E-state index < -0.39 is 0 Å². The van der Waals surface area contributed by atoms with Gasteiger partial charge in [0.05, 0.1) is 0 Å². The average Bonchev–Trinajstić information content (AvgIpc) is 2.14. The fourth-order valence-electron chi connectivity index (χ4n) is 0.545. The molecule has 0 atom stereocenters. The molecular formula is C5H9BN2O. The third kappa shape index (κ3) is 1.31. The minimum atomic E-state index is 0.339. The molecule has 0 aliphatic rings. The van der Waals surface area contributed by atoms with Crippen molar-refractivity contribution >= 4 is 13.6 Å². The highest BCUT2D eigenvalue weighted by molar-refractivity contribution is 6.27. The highest BCUT2D eigenvalue weighted by atomic mass is 16.4. The zero-order valence-electron chi connectivity index (χ0n) is 5.88. The monoisotopic (exact) mass is 124 g/mol. The van der Waals surface area contributed by atoms with Gasteiger partial charge in [-0.3, -0.25) is 0 Å². The van der Waals surface area contributed by atoms with Gasteiger partial charge in [0.2, 0.25) is 13.7 Å². The molecule has 1 aromatic rings. The molecule has 1 rings (SSSR count). The Morgan fingerprint density at radius 1 is 1.44 bits per heavy atom. The van der Waals surface area contributed by atoms with E-state index in [-0.39, 0.29) is 0 Å². The standard InChI is InChI=1S/C5H9BN2O/c1-3(2)4-7-8-5(6)9-4/h3H,6H2,1-2H3. The van der Waals surface area contributed by atoms with Crippen LogP contribution < -0.4 is 5.79 Å². The summed E-state index contributed by atoms with van der Waals surface area (Å²) >= 11 is 0. The van der Waals surface area contributed by atoms with Gasteiger partial charge >= 0.3 is 0 Å². The minimum absolute atomic E-state index is 0.339. The lowest BCUT2D eigenvalue weighted by molar-refractivity contribution is 0.493. The molecule has 0 amide bonds. The second kappa shape index (κ2) is 2.21. The molecule has 0 bridgehead atoms. The maximum atomic E-state index is 5.12. The van der Waals surface area contributed by atoms with Gasteiger partial charge in [-0.1, -0.05) is 13.8 Å². The van der Waals surface area contributed by atoms with E-state index in [1.807, 2.05) is 13.8 Å². The fourth-order valence-corrected chi connectivity index (χ4v) is 0.545. The third-order valence-corrected chi connectivity index (χ3v) is 1.04. The van der Waals surface area contributed by atoms with Crippen LogP contribution in [0.15, 0.2) is 4.42 Å². The molecule has 0 aliphatic heterocycles. The number of hydrogen-bond donors (Lipinski definition) is 0. The summed E-state index contributed by atoms with van der Waals surface area (Å²) in [5.41, 5.74) is 0. The van der Waals surface area contributed by atoms with Gasteiger partial charge in [-0.15, -0.1) is 10.2 Å². The molecule has 0 fully saturated rings. The van der Waals surface area contributed by atoms with Gasteiger partial charge in [0.1, 0.15) is 0 Å². The summed E-state index contributed by atoms with van der Waals surface area (Å²) in [6.45, 7) is 4.04. The highest BCUT2D eigenvalue weighted by Crippen LogP contribution is 2.06. The Hall–Kier alpha value is -0.795. The zero-order chi connectivity index (χ0) is 6.85. The normalized spacial score (nSPS) is 10.6. The quantitative estimate of drug-likeness (QED) is 0.471. The van der Waals surface area contributed by atoms with E-state index in [0.29, 0.717) is 17.6 Å². The van der Waals surface area contributed by atoms with Crippen LogP contribution in [0.1, 0.15) is 25.7 Å². The topological polar surface area (TPSA) is 38.9 Å². The van der Waals surface area contributed by atoms with Crippen molar-refractivity contribution in [2.24, 2.45) is 0 Å². The number of nitrogens with zero attached hydrogens (tertiary/aromatic N) is 2. The predicted octanol–water partition coefficient (Wildman–Crippen LogP) is -0.549. The number of rotatable bonds is 1. The largest absolute Gasteiger partial charge is 0.436 e. The summed E-state index contributed by atoms with van der Waals surface area (Å²) < 4.78 is 5.12. The van der Waals surface area contributed by atoms with Crippen molar-refractivity contribution in [2.45, 2.75) is 19.8 Å². The van der Waals surface area contributed by atoms with E-state index in [9.17, 15) is 0 Å². The molecule has 0 radical (unpaired) electrons. The van der Waals surface area contributed by atoms with E-state index in [2.05, 4.69) is 10.2 Å². The summed E-state index contributed by atoms with van der Waals surface area (Å²) in [5.74, 6) is 1.69. The van der Waals surface area contributed by atoms with Crippen LogP contribution in [0.25, 0.3) is 0 Å². The van der Waals surface area contributed by atoms with Crippen LogP contribution in [0, 0.1) is 0 Å². The van der Waals surface area contributed by atoms with Crippen LogP contribution in [0.5, 0.6) is 0 Å². The van der Waals surface area contributed by atoms with Crippen molar-refractivity contribution in [1.29, 1.82) is 0 Å². The van der Waals surface area contributed by atoms with Crippen molar-refractivity contribution < 1.29 is 4.42 Å². The van der Waals surface area contributed by atoms with E-state index in [1.54, 1.807) is 7.85 Å². The van der Waals surface area contributed by atoms with Crippen LogP contribution >= 0.6 is 0 Å². The lowest BCUT2D eigenvalue weighted by Crippen LogP contribution is -2.00. The van der Waals surface area contributed by atoms with Crippen LogP contribution in [-0.2, 0) is 0 Å². The molecular weight excluding hydrogens is 115 g/mol. The highest BCUT2D eigenvalue weighted by Gasteiger charge is 2.04. The van der Waals surface area contributed by atoms with Crippen molar-refractivity contribution in [3.05, 3.63) is 5.89 Å². The maximum Gasteiger partial charge on any atom is 0.217 e. The van der Waals surface area contributed by atoms with Gasteiger partial charge in [0.25, 0.3) is 0 Å². The summed E-state index contributed by atoms with van der Waals surface area (Å²) in [5, 5.41) is 7.52. The summed E-state index contributed by atoms with van der Waals surface area (Å²) in [6.07, 6.45) is 0. The van der Waals surface area contributed by atoms with Crippen LogP contribution in [-0.4, -0.2) is 18.0 Å². The minimum Gasteiger partial charge on any atom is -0.436 e. The Morgan fingerprint density at radius 3 is 2.33 bits per heavy atom. The Balaban J connectivity index is 2.85. The fraction of sp³-hybridized carbons (Fsp3) is 0.600. The first-order valence-electron chi connectivity index (χ1n) is 3.00. The molecule has 0 N–H and O–H groups in total. The van der Waals surface area contributed by atoms with Crippen molar-refractivity contribution in [2.75, 3.05) is 0 Å². The summed E-state index contributed by atoms with van der Waals surface area (Å²) in [7, 11) is 1.79. The molecule has 0 aromatic carbocycles. The van der Waals surface area contributed by atoms with Gasteiger partial charge < -0.3 is 4.42 Å². The smallest absolute Gasteiger partial charge is 0.217 e. The lowest BCUT2D eigenvalue weighted by atomic mass is 10.2. The first-order chi connectivity index (χ1) is 4.20. The number of aromatic nitrogens is 2. The van der Waals surface area contributed by atoms with Gasteiger partial charge in [-0.05, 0) is 0 Å². The maximum absolute atomic E-state index is 5.12. The SMILES string of the molecule is Bc1nnc(C(C)C)o1. The van der Waals surface area contributed by atoms with Crippen molar-refractivity contribution in [3.8, 4) is 0 Å². The summed E-state index contributed by atoms with van der Waals surface area (Å²) in [4.78, 5) is 0. The van der Waals surface area contributed by atoms with Gasteiger partial charge in [0, 0.05) is 5.92 Å². The third-order valence-electron chi connectivity index (χ3n) is 1.04. The van der Waals surface area contributed by atoms with Gasteiger partial charge in [-0.2, -0.15) is 0 Å². The van der Waals surface area contributed by atoms with E-state index in [1.165, 1.54) is 0 Å². The van der Waals surface area contributed by atoms with Crippen LogP contribution in [0.3, 0.4) is 0 Å². The Bertz CT molecular complexity index is 197. The molecule has 4 heteroatoms. The molecule has 9 heavy (non-hydrogen) atoms. The lowest BCUT2D eigenvalue weighted by Gasteiger charge is -1.92. The average molecular weight is 124 g/mol. The first kappa shape index (κ1) is 6.33. The van der Waals surface area contributed by atoms with Gasteiger partial charge in [-0.25, -0.2) is 0 Å². The van der Waals surface area contributed by atoms with E-state index in [4.69, 9.17) is 4.42 Å². The summed E-state index contributed by atoms with van der Waals surface area (Å²) in [6, 6.07) is 0. The Kier molecular flexibility index (Phi) is 1.55. The molecule has 0 unspecified atom stereocenters. The molecule has 1 heterocycles. The molecule has 0 spiro atoms. The second-order valence-electron chi connectivity index (χ2n) is 2.31. The van der Waals surface area contributed by atoms with Crippen LogP contribution in [0.2, 0.25) is 0 Å². The molecule has 0 saturated carbocycles. The van der Waals surface area contributed by atoms with Gasteiger partial charge in [0.15, 0.2) is 5.79 Å². The van der Waals surface area contributed by atoms with E-state index >= 15 is 0 Å². The molecule has 0 saturated heterocycles. The van der Waals surface area contributed by atoms with Crippen molar-refractivity contribution in [3.63, 3.8) is 0 Å². The molecule has 3 nitrogen and oxygen atoms in total.